The molecule has 21 heavy (non-hydrogen) atoms. The molecule has 0 saturated heterocycles. The van der Waals surface area contributed by atoms with Gasteiger partial charge in [0.05, 0.1) is 0 Å². The quantitative estimate of drug-likeness (QED) is 0.615. The molecule has 118 valence electrons. The number of carbonyl (C=O) groups excluding carboxylic acids is 1. The van der Waals surface area contributed by atoms with Gasteiger partial charge in [0.1, 0.15) is 0 Å². The Bertz CT molecular complexity index is 400. The van der Waals surface area contributed by atoms with Crippen LogP contribution in [0.15, 0.2) is 24.3 Å². The Kier molecular flexibility index (Phi) is 8.76. The molecule has 0 aliphatic carbocycles. The minimum atomic E-state index is 0.125. The zero-order valence-electron chi connectivity index (χ0n) is 13.7. The third-order valence-electron chi connectivity index (χ3n) is 3.88. The van der Waals surface area contributed by atoms with Crippen LogP contribution in [0.5, 0.6) is 0 Å². The molecule has 1 aromatic rings. The number of hydrogen-bond acceptors (Lipinski definition) is 2. The first-order valence-electron chi connectivity index (χ1n) is 8.24. The summed E-state index contributed by atoms with van der Waals surface area (Å²) in [6, 6.07) is 8.39. The average Bonchev–Trinajstić information content (AvgIpc) is 2.50. The van der Waals surface area contributed by atoms with Gasteiger partial charge in [-0.25, -0.2) is 0 Å². The largest absolute Gasteiger partial charge is 0.326 e. The third kappa shape index (κ3) is 7.28. The first kappa shape index (κ1) is 17.7. The van der Waals surface area contributed by atoms with Crippen molar-refractivity contribution in [3.63, 3.8) is 0 Å². The summed E-state index contributed by atoms with van der Waals surface area (Å²) in [5.41, 5.74) is 2.12. The van der Waals surface area contributed by atoms with Crippen LogP contribution in [-0.2, 0) is 4.79 Å². The molecule has 0 radical (unpaired) electrons. The number of unbranched alkanes of at least 4 members (excludes halogenated alkanes) is 5. The third-order valence-corrected chi connectivity index (χ3v) is 3.88. The Labute approximate surface area is 129 Å². The molecule has 0 aliphatic heterocycles. The molecule has 1 aromatic carbocycles. The standard InChI is InChI=1S/C18H30N2O/c1-4-5-6-7-8-9-10-18(21)20-17-13-11-16(12-14-17)15(2)19-3/h11-15,19H,4-10H2,1-3H3,(H,20,21). The van der Waals surface area contributed by atoms with Crippen LogP contribution in [-0.4, -0.2) is 13.0 Å². The first-order valence-corrected chi connectivity index (χ1v) is 8.24. The van der Waals surface area contributed by atoms with Crippen molar-refractivity contribution >= 4 is 11.6 Å². The Morgan fingerprint density at radius 2 is 1.67 bits per heavy atom. The maximum atomic E-state index is 11.9. The highest BCUT2D eigenvalue weighted by molar-refractivity contribution is 5.90. The van der Waals surface area contributed by atoms with Crippen molar-refractivity contribution in [1.82, 2.24) is 5.32 Å². The van der Waals surface area contributed by atoms with Crippen LogP contribution in [0.4, 0.5) is 5.69 Å². The SMILES string of the molecule is CCCCCCCCC(=O)Nc1ccc(C(C)NC)cc1. The lowest BCUT2D eigenvalue weighted by Gasteiger charge is -2.11. The molecule has 0 fully saturated rings. The van der Waals surface area contributed by atoms with Crippen LogP contribution in [0.25, 0.3) is 0 Å². The van der Waals surface area contributed by atoms with Gasteiger partial charge in [-0.2, -0.15) is 0 Å². The zero-order chi connectivity index (χ0) is 15.5. The lowest BCUT2D eigenvalue weighted by molar-refractivity contribution is -0.116. The van der Waals surface area contributed by atoms with E-state index in [1.807, 2.05) is 19.2 Å². The van der Waals surface area contributed by atoms with Gasteiger partial charge >= 0.3 is 0 Å². The average molecular weight is 290 g/mol. The van der Waals surface area contributed by atoms with E-state index in [-0.39, 0.29) is 5.91 Å². The van der Waals surface area contributed by atoms with Crippen molar-refractivity contribution in [3.05, 3.63) is 29.8 Å². The molecule has 0 spiro atoms. The van der Waals surface area contributed by atoms with E-state index in [9.17, 15) is 4.79 Å². The number of hydrogen-bond donors (Lipinski definition) is 2. The van der Waals surface area contributed by atoms with E-state index in [0.29, 0.717) is 12.5 Å². The summed E-state index contributed by atoms with van der Waals surface area (Å²) in [6.07, 6.45) is 7.89. The monoisotopic (exact) mass is 290 g/mol. The summed E-state index contributed by atoms with van der Waals surface area (Å²) in [5, 5.41) is 6.17. The van der Waals surface area contributed by atoms with E-state index in [1.54, 1.807) is 0 Å². The summed E-state index contributed by atoms with van der Waals surface area (Å²) < 4.78 is 0. The molecular weight excluding hydrogens is 260 g/mol. The van der Waals surface area contributed by atoms with E-state index in [4.69, 9.17) is 0 Å². The minimum Gasteiger partial charge on any atom is -0.326 e. The van der Waals surface area contributed by atoms with Crippen LogP contribution >= 0.6 is 0 Å². The number of benzene rings is 1. The minimum absolute atomic E-state index is 0.125. The van der Waals surface area contributed by atoms with Crippen LogP contribution in [0, 0.1) is 0 Å². The Morgan fingerprint density at radius 3 is 2.29 bits per heavy atom. The highest BCUT2D eigenvalue weighted by Crippen LogP contribution is 2.16. The predicted octanol–water partition coefficient (Wildman–Crippen LogP) is 4.66. The van der Waals surface area contributed by atoms with E-state index < -0.39 is 0 Å². The summed E-state index contributed by atoms with van der Waals surface area (Å²) in [4.78, 5) is 11.9. The molecule has 1 rings (SSSR count). The highest BCUT2D eigenvalue weighted by atomic mass is 16.1. The number of carbonyl (C=O) groups is 1. The zero-order valence-corrected chi connectivity index (χ0v) is 13.7. The molecule has 3 heteroatoms. The van der Waals surface area contributed by atoms with Gasteiger partial charge in [-0.15, -0.1) is 0 Å². The van der Waals surface area contributed by atoms with Gasteiger partial charge in [-0.1, -0.05) is 51.2 Å². The van der Waals surface area contributed by atoms with E-state index in [1.165, 1.54) is 31.2 Å². The number of rotatable bonds is 10. The van der Waals surface area contributed by atoms with Crippen molar-refractivity contribution < 1.29 is 4.79 Å². The smallest absolute Gasteiger partial charge is 0.224 e. The summed E-state index contributed by atoms with van der Waals surface area (Å²) in [6.45, 7) is 4.34. The fraction of sp³-hybridized carbons (Fsp3) is 0.611. The van der Waals surface area contributed by atoms with Crippen molar-refractivity contribution in [3.8, 4) is 0 Å². The van der Waals surface area contributed by atoms with Gasteiger partial charge in [-0.05, 0) is 38.1 Å². The predicted molar refractivity (Wildman–Crippen MR) is 90.5 cm³/mol. The van der Waals surface area contributed by atoms with Crippen molar-refractivity contribution in [2.45, 2.75) is 64.8 Å². The van der Waals surface area contributed by atoms with Crippen LogP contribution in [0.1, 0.15) is 70.4 Å². The summed E-state index contributed by atoms with van der Waals surface area (Å²) >= 11 is 0. The van der Waals surface area contributed by atoms with E-state index >= 15 is 0 Å². The second-order valence-electron chi connectivity index (χ2n) is 5.70. The Hall–Kier alpha value is -1.35. The Morgan fingerprint density at radius 1 is 1.05 bits per heavy atom. The first-order chi connectivity index (χ1) is 10.2. The summed E-state index contributed by atoms with van der Waals surface area (Å²) in [7, 11) is 1.95. The number of anilines is 1. The highest BCUT2D eigenvalue weighted by Gasteiger charge is 2.04. The molecule has 1 atom stereocenters. The second-order valence-corrected chi connectivity index (χ2v) is 5.70. The van der Waals surface area contributed by atoms with Crippen LogP contribution in [0.2, 0.25) is 0 Å². The molecule has 1 amide bonds. The molecule has 1 unspecified atom stereocenters. The fourth-order valence-electron chi connectivity index (χ4n) is 2.31. The molecule has 0 aliphatic rings. The van der Waals surface area contributed by atoms with Crippen LogP contribution < -0.4 is 10.6 Å². The normalized spacial score (nSPS) is 12.1. The van der Waals surface area contributed by atoms with E-state index in [0.717, 1.165) is 18.5 Å². The van der Waals surface area contributed by atoms with Crippen molar-refractivity contribution in [2.24, 2.45) is 0 Å². The molecule has 0 saturated carbocycles. The lowest BCUT2D eigenvalue weighted by Crippen LogP contribution is -2.13. The van der Waals surface area contributed by atoms with Gasteiger partial charge < -0.3 is 10.6 Å². The topological polar surface area (TPSA) is 41.1 Å². The summed E-state index contributed by atoms with van der Waals surface area (Å²) in [5.74, 6) is 0.125. The maximum Gasteiger partial charge on any atom is 0.224 e. The molecule has 0 aromatic heterocycles. The van der Waals surface area contributed by atoms with Gasteiger partial charge in [0, 0.05) is 18.2 Å². The van der Waals surface area contributed by atoms with Crippen molar-refractivity contribution in [1.29, 1.82) is 0 Å². The van der Waals surface area contributed by atoms with Gasteiger partial charge in [-0.3, -0.25) is 4.79 Å². The second kappa shape index (κ2) is 10.4. The number of nitrogens with one attached hydrogen (secondary N) is 2. The molecule has 3 nitrogen and oxygen atoms in total. The number of amides is 1. The van der Waals surface area contributed by atoms with Gasteiger partial charge in [0.25, 0.3) is 0 Å². The van der Waals surface area contributed by atoms with Crippen molar-refractivity contribution in [2.75, 3.05) is 12.4 Å². The lowest BCUT2D eigenvalue weighted by atomic mass is 10.1. The molecule has 2 N–H and O–H groups in total. The Balaban J connectivity index is 2.25. The van der Waals surface area contributed by atoms with E-state index in [2.05, 4.69) is 36.6 Å². The van der Waals surface area contributed by atoms with Crippen LogP contribution in [0.3, 0.4) is 0 Å². The molecule has 0 bridgehead atoms. The fourth-order valence-corrected chi connectivity index (χ4v) is 2.31. The molecule has 0 heterocycles. The molecular formula is C18H30N2O. The van der Waals surface area contributed by atoms with Gasteiger partial charge in [0.15, 0.2) is 0 Å². The van der Waals surface area contributed by atoms with Gasteiger partial charge in [0.2, 0.25) is 5.91 Å². The maximum absolute atomic E-state index is 11.9.